The first-order valence-corrected chi connectivity index (χ1v) is 5.27. The summed E-state index contributed by atoms with van der Waals surface area (Å²) in [5.41, 5.74) is -0.605. The molecule has 0 fully saturated rings. The van der Waals surface area contributed by atoms with Gasteiger partial charge in [-0.1, -0.05) is 12.1 Å². The summed E-state index contributed by atoms with van der Waals surface area (Å²) in [4.78, 5) is 22.8. The molecule has 17 heavy (non-hydrogen) atoms. The second-order valence-corrected chi connectivity index (χ2v) is 4.38. The van der Waals surface area contributed by atoms with Crippen molar-refractivity contribution in [3.8, 4) is 5.75 Å². The molecule has 1 aromatic carbocycles. The average Bonchev–Trinajstić information content (AvgIpc) is 2.29. The molecule has 1 aromatic rings. The van der Waals surface area contributed by atoms with Gasteiger partial charge >= 0.3 is 5.97 Å². The van der Waals surface area contributed by atoms with Gasteiger partial charge in [0.1, 0.15) is 11.2 Å². The van der Waals surface area contributed by atoms with Gasteiger partial charge in [0.2, 0.25) is 0 Å². The molecule has 0 radical (unpaired) electrons. The van der Waals surface area contributed by atoms with Crippen molar-refractivity contribution in [2.75, 3.05) is 7.11 Å². The fourth-order valence-corrected chi connectivity index (χ4v) is 1.31. The monoisotopic (exact) mass is 236 g/mol. The molecular formula is C13H16O4. The van der Waals surface area contributed by atoms with Crippen molar-refractivity contribution in [2.45, 2.75) is 20.3 Å². The number of hydrogen-bond acceptors (Lipinski definition) is 3. The number of hydrogen-bond donors (Lipinski definition) is 1. The molecular weight excluding hydrogens is 220 g/mol. The fraction of sp³-hybridized carbons (Fsp3) is 0.385. The fourth-order valence-electron chi connectivity index (χ4n) is 1.31. The molecule has 0 bridgehead atoms. The maximum atomic E-state index is 11.9. The topological polar surface area (TPSA) is 63.6 Å². The summed E-state index contributed by atoms with van der Waals surface area (Å²) < 4.78 is 5.04. The molecule has 0 aliphatic carbocycles. The molecule has 92 valence electrons. The number of aliphatic carboxylic acids is 1. The minimum atomic E-state index is -1.36. The molecule has 4 heteroatoms. The zero-order valence-electron chi connectivity index (χ0n) is 10.2. The third-order valence-electron chi connectivity index (χ3n) is 2.73. The Balaban J connectivity index is 2.84. The predicted molar refractivity (Wildman–Crippen MR) is 63.1 cm³/mol. The molecule has 1 N–H and O–H groups in total. The third kappa shape index (κ3) is 3.06. The summed E-state index contributed by atoms with van der Waals surface area (Å²) in [6.45, 7) is 2.83. The van der Waals surface area contributed by atoms with Crippen LogP contribution in [0.3, 0.4) is 0 Å². The largest absolute Gasteiger partial charge is 0.497 e. The highest BCUT2D eigenvalue weighted by Gasteiger charge is 2.35. The zero-order valence-corrected chi connectivity index (χ0v) is 10.2. The second kappa shape index (κ2) is 4.99. The predicted octanol–water partition coefficient (Wildman–Crippen LogP) is 1.92. The van der Waals surface area contributed by atoms with Crippen LogP contribution in [0.1, 0.15) is 19.4 Å². The lowest BCUT2D eigenvalue weighted by molar-refractivity contribution is -0.152. The quantitative estimate of drug-likeness (QED) is 0.793. The maximum absolute atomic E-state index is 11.9. The van der Waals surface area contributed by atoms with Crippen molar-refractivity contribution in [3.05, 3.63) is 29.8 Å². The van der Waals surface area contributed by atoms with E-state index in [1.54, 1.807) is 31.4 Å². The molecule has 0 saturated heterocycles. The molecule has 0 aliphatic rings. The average molecular weight is 236 g/mol. The second-order valence-electron chi connectivity index (χ2n) is 4.38. The van der Waals surface area contributed by atoms with Gasteiger partial charge in [-0.3, -0.25) is 9.59 Å². The highest BCUT2D eigenvalue weighted by molar-refractivity contribution is 6.03. The SMILES string of the molecule is COc1cccc(CC(=O)C(C)(C)C(=O)O)c1. The van der Waals surface area contributed by atoms with E-state index in [4.69, 9.17) is 9.84 Å². The van der Waals surface area contributed by atoms with E-state index in [1.165, 1.54) is 13.8 Å². The van der Waals surface area contributed by atoms with Crippen LogP contribution in [-0.2, 0) is 16.0 Å². The first-order chi connectivity index (χ1) is 7.87. The Hall–Kier alpha value is -1.84. The number of carboxylic acid groups (broad SMARTS) is 1. The molecule has 0 heterocycles. The van der Waals surface area contributed by atoms with Crippen molar-refractivity contribution < 1.29 is 19.4 Å². The van der Waals surface area contributed by atoms with E-state index >= 15 is 0 Å². The smallest absolute Gasteiger partial charge is 0.316 e. The summed E-state index contributed by atoms with van der Waals surface area (Å²) >= 11 is 0. The number of carbonyl (C=O) groups excluding carboxylic acids is 1. The van der Waals surface area contributed by atoms with Crippen molar-refractivity contribution in [1.82, 2.24) is 0 Å². The van der Waals surface area contributed by atoms with Gasteiger partial charge in [0.25, 0.3) is 0 Å². The van der Waals surface area contributed by atoms with E-state index in [0.29, 0.717) is 5.75 Å². The lowest BCUT2D eigenvalue weighted by Gasteiger charge is -2.17. The van der Waals surface area contributed by atoms with Crippen LogP contribution >= 0.6 is 0 Å². The van der Waals surface area contributed by atoms with E-state index in [2.05, 4.69) is 0 Å². The Bertz CT molecular complexity index is 435. The molecule has 1 rings (SSSR count). The zero-order chi connectivity index (χ0) is 13.1. The number of carbonyl (C=O) groups is 2. The summed E-state index contributed by atoms with van der Waals surface area (Å²) in [6.07, 6.45) is 0.0938. The molecule has 0 unspecified atom stereocenters. The van der Waals surface area contributed by atoms with Gasteiger partial charge in [-0.15, -0.1) is 0 Å². The highest BCUT2D eigenvalue weighted by atomic mass is 16.5. The van der Waals surface area contributed by atoms with E-state index in [1.807, 2.05) is 0 Å². The summed E-state index contributed by atoms with van der Waals surface area (Å²) in [5.74, 6) is -0.771. The minimum Gasteiger partial charge on any atom is -0.497 e. The van der Waals surface area contributed by atoms with Crippen LogP contribution in [0.15, 0.2) is 24.3 Å². The summed E-state index contributed by atoms with van der Waals surface area (Å²) in [7, 11) is 1.54. The Morgan fingerprint density at radius 1 is 1.35 bits per heavy atom. The van der Waals surface area contributed by atoms with Crippen LogP contribution in [0, 0.1) is 5.41 Å². The number of rotatable bonds is 5. The molecule has 0 aromatic heterocycles. The summed E-state index contributed by atoms with van der Waals surface area (Å²) in [5, 5.41) is 8.94. The molecule has 0 atom stereocenters. The number of benzene rings is 1. The van der Waals surface area contributed by atoms with Gasteiger partial charge in [-0.25, -0.2) is 0 Å². The maximum Gasteiger partial charge on any atom is 0.316 e. The van der Waals surface area contributed by atoms with Gasteiger partial charge < -0.3 is 9.84 Å². The first-order valence-electron chi connectivity index (χ1n) is 5.27. The Morgan fingerprint density at radius 3 is 2.53 bits per heavy atom. The van der Waals surface area contributed by atoms with Gasteiger partial charge in [0.05, 0.1) is 7.11 Å². The van der Waals surface area contributed by atoms with Crippen LogP contribution in [0.25, 0.3) is 0 Å². The van der Waals surface area contributed by atoms with Crippen LogP contribution in [0.5, 0.6) is 5.75 Å². The third-order valence-corrected chi connectivity index (χ3v) is 2.73. The minimum absolute atomic E-state index is 0.0938. The Kier molecular flexibility index (Phi) is 3.89. The lowest BCUT2D eigenvalue weighted by Crippen LogP contribution is -2.34. The van der Waals surface area contributed by atoms with E-state index < -0.39 is 11.4 Å². The van der Waals surface area contributed by atoms with Crippen molar-refractivity contribution in [1.29, 1.82) is 0 Å². The van der Waals surface area contributed by atoms with E-state index in [-0.39, 0.29) is 12.2 Å². The number of carboxylic acids is 1. The molecule has 0 aliphatic heterocycles. The number of methoxy groups -OCH3 is 1. The molecule has 4 nitrogen and oxygen atoms in total. The van der Waals surface area contributed by atoms with Gasteiger partial charge in [-0.2, -0.15) is 0 Å². The number of Topliss-reactive ketones (excluding diaryl/α,β-unsaturated/α-hetero) is 1. The van der Waals surface area contributed by atoms with Crippen LogP contribution < -0.4 is 4.74 Å². The lowest BCUT2D eigenvalue weighted by atomic mass is 9.85. The van der Waals surface area contributed by atoms with Crippen LogP contribution in [0.2, 0.25) is 0 Å². The number of ether oxygens (including phenoxy) is 1. The Labute approximate surface area is 100 Å². The normalized spacial score (nSPS) is 11.0. The number of ketones is 1. The highest BCUT2D eigenvalue weighted by Crippen LogP contribution is 2.21. The molecule has 0 amide bonds. The summed E-state index contributed by atoms with van der Waals surface area (Å²) in [6, 6.07) is 7.06. The standard InChI is InChI=1S/C13H16O4/c1-13(2,12(15)16)11(14)8-9-5-4-6-10(7-9)17-3/h4-7H,8H2,1-3H3,(H,15,16). The van der Waals surface area contributed by atoms with Gasteiger partial charge in [0, 0.05) is 6.42 Å². The first kappa shape index (κ1) is 13.2. The molecule has 0 saturated carbocycles. The van der Waals surface area contributed by atoms with Gasteiger partial charge in [0.15, 0.2) is 5.78 Å². The Morgan fingerprint density at radius 2 is 2.00 bits per heavy atom. The van der Waals surface area contributed by atoms with Crippen molar-refractivity contribution >= 4 is 11.8 Å². The van der Waals surface area contributed by atoms with E-state index in [0.717, 1.165) is 5.56 Å². The van der Waals surface area contributed by atoms with Crippen molar-refractivity contribution in [2.24, 2.45) is 5.41 Å². The van der Waals surface area contributed by atoms with Gasteiger partial charge in [-0.05, 0) is 31.5 Å². The van der Waals surface area contributed by atoms with Crippen LogP contribution in [0.4, 0.5) is 0 Å². The molecule has 0 spiro atoms. The van der Waals surface area contributed by atoms with Crippen molar-refractivity contribution in [3.63, 3.8) is 0 Å². The van der Waals surface area contributed by atoms with Crippen LogP contribution in [-0.4, -0.2) is 24.0 Å². The van der Waals surface area contributed by atoms with E-state index in [9.17, 15) is 9.59 Å².